The number of sulfone groups is 1. The van der Waals surface area contributed by atoms with E-state index in [1.165, 1.54) is 0 Å². The van der Waals surface area contributed by atoms with Crippen LogP contribution in [0.1, 0.15) is 12.0 Å². The van der Waals surface area contributed by atoms with E-state index in [-0.39, 0.29) is 17.7 Å². The SMILES string of the molecule is CN(C(=O)CS(=O)(=O)Cc1ccc(Br)cc1)C1CCNC1. The van der Waals surface area contributed by atoms with Crippen LogP contribution in [-0.2, 0) is 20.4 Å². The highest BCUT2D eigenvalue weighted by Crippen LogP contribution is 2.14. The third-order valence-electron chi connectivity index (χ3n) is 3.62. The molecule has 7 heteroatoms. The average molecular weight is 375 g/mol. The fourth-order valence-corrected chi connectivity index (χ4v) is 4.00. The summed E-state index contributed by atoms with van der Waals surface area (Å²) in [5, 5.41) is 3.17. The fourth-order valence-electron chi connectivity index (χ4n) is 2.35. The minimum atomic E-state index is -3.45. The van der Waals surface area contributed by atoms with Crippen molar-refractivity contribution < 1.29 is 13.2 Å². The average Bonchev–Trinajstić information content (AvgIpc) is 2.93. The highest BCUT2D eigenvalue weighted by molar-refractivity contribution is 9.10. The van der Waals surface area contributed by atoms with Crippen LogP contribution in [0.25, 0.3) is 0 Å². The second kappa shape index (κ2) is 6.89. The first kappa shape index (κ1) is 16.5. The number of likely N-dealkylation sites (N-methyl/N-ethyl adjacent to an activating group) is 1. The third-order valence-corrected chi connectivity index (χ3v) is 5.61. The molecule has 1 heterocycles. The Morgan fingerprint density at radius 1 is 1.38 bits per heavy atom. The van der Waals surface area contributed by atoms with Gasteiger partial charge in [0.15, 0.2) is 9.84 Å². The highest BCUT2D eigenvalue weighted by atomic mass is 79.9. The topological polar surface area (TPSA) is 66.5 Å². The standard InChI is InChI=1S/C14H19BrN2O3S/c1-17(13-6-7-16-8-13)14(18)10-21(19,20)9-11-2-4-12(15)5-3-11/h2-5,13,16H,6-10H2,1H3. The van der Waals surface area contributed by atoms with E-state index in [1.54, 1.807) is 36.2 Å². The summed E-state index contributed by atoms with van der Waals surface area (Å²) in [4.78, 5) is 13.7. The third kappa shape index (κ3) is 4.79. The van der Waals surface area contributed by atoms with Crippen molar-refractivity contribution in [3.05, 3.63) is 34.3 Å². The van der Waals surface area contributed by atoms with Crippen molar-refractivity contribution in [2.75, 3.05) is 25.9 Å². The predicted molar refractivity (Wildman–Crippen MR) is 85.7 cm³/mol. The smallest absolute Gasteiger partial charge is 0.237 e. The molecule has 1 fully saturated rings. The molecule has 5 nitrogen and oxygen atoms in total. The molecule has 1 aromatic rings. The molecule has 1 N–H and O–H groups in total. The van der Waals surface area contributed by atoms with E-state index in [0.717, 1.165) is 24.0 Å². The van der Waals surface area contributed by atoms with E-state index in [2.05, 4.69) is 21.2 Å². The maximum Gasteiger partial charge on any atom is 0.237 e. The quantitative estimate of drug-likeness (QED) is 0.840. The molecule has 0 aliphatic carbocycles. The number of hydrogen-bond acceptors (Lipinski definition) is 4. The number of nitrogens with one attached hydrogen (secondary N) is 1. The van der Waals surface area contributed by atoms with Gasteiger partial charge in [-0.15, -0.1) is 0 Å². The van der Waals surface area contributed by atoms with Gasteiger partial charge < -0.3 is 10.2 Å². The number of amides is 1. The van der Waals surface area contributed by atoms with Crippen LogP contribution in [0, 0.1) is 0 Å². The van der Waals surface area contributed by atoms with Crippen LogP contribution in [0.2, 0.25) is 0 Å². The van der Waals surface area contributed by atoms with E-state index in [9.17, 15) is 13.2 Å². The van der Waals surface area contributed by atoms with E-state index in [0.29, 0.717) is 5.56 Å². The Labute approximate surface area is 133 Å². The van der Waals surface area contributed by atoms with Crippen LogP contribution in [0.3, 0.4) is 0 Å². The molecule has 1 amide bonds. The number of carbonyl (C=O) groups excluding carboxylic acids is 1. The molecule has 0 aromatic heterocycles. The molecule has 21 heavy (non-hydrogen) atoms. The van der Waals surface area contributed by atoms with Gasteiger partial charge in [-0.25, -0.2) is 8.42 Å². The molecular formula is C14H19BrN2O3S. The lowest BCUT2D eigenvalue weighted by atomic mass is 10.2. The van der Waals surface area contributed by atoms with Gasteiger partial charge in [0.2, 0.25) is 5.91 Å². The monoisotopic (exact) mass is 374 g/mol. The highest BCUT2D eigenvalue weighted by Gasteiger charge is 2.26. The molecule has 0 spiro atoms. The Balaban J connectivity index is 1.96. The second-order valence-corrected chi connectivity index (χ2v) is 8.29. The van der Waals surface area contributed by atoms with E-state index < -0.39 is 15.6 Å². The number of hydrogen-bond donors (Lipinski definition) is 1. The van der Waals surface area contributed by atoms with Gasteiger partial charge in [-0.3, -0.25) is 4.79 Å². The van der Waals surface area contributed by atoms with Gasteiger partial charge in [0.25, 0.3) is 0 Å². The van der Waals surface area contributed by atoms with E-state index in [4.69, 9.17) is 0 Å². The number of benzene rings is 1. The fraction of sp³-hybridized carbons (Fsp3) is 0.500. The predicted octanol–water partition coefficient (Wildman–Crippen LogP) is 1.18. The molecule has 1 saturated heterocycles. The van der Waals surface area contributed by atoms with Crippen molar-refractivity contribution in [3.63, 3.8) is 0 Å². The van der Waals surface area contributed by atoms with Crippen LogP contribution >= 0.6 is 15.9 Å². The molecule has 0 bridgehead atoms. The first-order valence-electron chi connectivity index (χ1n) is 6.78. The lowest BCUT2D eigenvalue weighted by Crippen LogP contribution is -2.41. The Bertz CT molecular complexity index is 595. The Hall–Kier alpha value is -0.920. The number of nitrogens with zero attached hydrogens (tertiary/aromatic N) is 1. The van der Waals surface area contributed by atoms with Crippen LogP contribution in [0.15, 0.2) is 28.7 Å². The summed E-state index contributed by atoms with van der Waals surface area (Å²) in [6.45, 7) is 1.60. The Morgan fingerprint density at radius 2 is 2.05 bits per heavy atom. The maximum atomic E-state index is 12.1. The first-order chi connectivity index (χ1) is 9.87. The number of rotatable bonds is 5. The molecule has 1 aliphatic rings. The van der Waals surface area contributed by atoms with Crippen LogP contribution < -0.4 is 5.32 Å². The molecule has 0 saturated carbocycles. The lowest BCUT2D eigenvalue weighted by molar-refractivity contribution is -0.128. The van der Waals surface area contributed by atoms with Gasteiger partial charge in [-0.2, -0.15) is 0 Å². The van der Waals surface area contributed by atoms with Crippen LogP contribution in [0.5, 0.6) is 0 Å². The molecule has 2 rings (SSSR count). The van der Waals surface area contributed by atoms with Crippen LogP contribution in [-0.4, -0.2) is 51.2 Å². The summed E-state index contributed by atoms with van der Waals surface area (Å²) in [7, 11) is -1.77. The molecule has 0 radical (unpaired) electrons. The van der Waals surface area contributed by atoms with Gasteiger partial charge in [0.05, 0.1) is 5.75 Å². The molecule has 1 aliphatic heterocycles. The van der Waals surface area contributed by atoms with E-state index >= 15 is 0 Å². The van der Waals surface area contributed by atoms with Crippen molar-refractivity contribution in [1.29, 1.82) is 0 Å². The summed E-state index contributed by atoms with van der Waals surface area (Å²) in [6.07, 6.45) is 0.870. The Morgan fingerprint density at radius 3 is 2.62 bits per heavy atom. The normalized spacial score (nSPS) is 18.7. The van der Waals surface area contributed by atoms with Crippen molar-refractivity contribution in [2.24, 2.45) is 0 Å². The molecule has 116 valence electrons. The van der Waals surface area contributed by atoms with Gasteiger partial charge >= 0.3 is 0 Å². The zero-order chi connectivity index (χ0) is 15.5. The molecule has 1 atom stereocenters. The second-order valence-electron chi connectivity index (χ2n) is 5.31. The summed E-state index contributed by atoms with van der Waals surface area (Å²) in [6, 6.07) is 7.18. The first-order valence-corrected chi connectivity index (χ1v) is 9.40. The van der Waals surface area contributed by atoms with Gasteiger partial charge in [0.1, 0.15) is 5.75 Å². The molecule has 1 aromatic carbocycles. The minimum Gasteiger partial charge on any atom is -0.341 e. The van der Waals surface area contributed by atoms with Crippen molar-refractivity contribution in [3.8, 4) is 0 Å². The lowest BCUT2D eigenvalue weighted by Gasteiger charge is -2.23. The minimum absolute atomic E-state index is 0.0976. The molecule has 1 unspecified atom stereocenters. The van der Waals surface area contributed by atoms with Gasteiger partial charge in [0, 0.05) is 24.1 Å². The van der Waals surface area contributed by atoms with Crippen molar-refractivity contribution in [2.45, 2.75) is 18.2 Å². The zero-order valence-electron chi connectivity index (χ0n) is 11.9. The summed E-state index contributed by atoms with van der Waals surface area (Å²) in [5.41, 5.74) is 0.691. The Kier molecular flexibility index (Phi) is 5.40. The zero-order valence-corrected chi connectivity index (χ0v) is 14.3. The van der Waals surface area contributed by atoms with Gasteiger partial charge in [-0.05, 0) is 30.7 Å². The maximum absolute atomic E-state index is 12.1. The van der Waals surface area contributed by atoms with Crippen LogP contribution in [0.4, 0.5) is 0 Å². The number of halogens is 1. The summed E-state index contributed by atoms with van der Waals surface area (Å²) in [5.74, 6) is -0.875. The van der Waals surface area contributed by atoms with Gasteiger partial charge in [-0.1, -0.05) is 28.1 Å². The van der Waals surface area contributed by atoms with E-state index in [1.807, 2.05) is 0 Å². The van der Waals surface area contributed by atoms with Crippen molar-refractivity contribution >= 4 is 31.7 Å². The number of carbonyl (C=O) groups is 1. The van der Waals surface area contributed by atoms with Crippen molar-refractivity contribution in [1.82, 2.24) is 10.2 Å². The summed E-state index contributed by atoms with van der Waals surface area (Å²) < 4.78 is 25.2. The summed E-state index contributed by atoms with van der Waals surface area (Å²) >= 11 is 3.31. The largest absolute Gasteiger partial charge is 0.341 e. The molecular weight excluding hydrogens is 356 g/mol.